The van der Waals surface area contributed by atoms with Gasteiger partial charge in [-0.2, -0.15) is 0 Å². The van der Waals surface area contributed by atoms with Gasteiger partial charge < -0.3 is 5.32 Å². The SMILES string of the molecule is Cc1nnc(SCCC(=O)NC(=O)NCc2ccccc2)s1. The molecule has 0 aliphatic rings. The molecule has 0 radical (unpaired) electrons. The van der Waals surface area contributed by atoms with E-state index in [4.69, 9.17) is 0 Å². The summed E-state index contributed by atoms with van der Waals surface area (Å²) in [6, 6.07) is 9.03. The highest BCUT2D eigenvalue weighted by Crippen LogP contribution is 2.22. The smallest absolute Gasteiger partial charge is 0.321 e. The Morgan fingerprint density at radius 3 is 2.68 bits per heavy atom. The first-order valence-electron chi connectivity index (χ1n) is 6.68. The van der Waals surface area contributed by atoms with Crippen molar-refractivity contribution < 1.29 is 9.59 Å². The quantitative estimate of drug-likeness (QED) is 0.791. The van der Waals surface area contributed by atoms with E-state index >= 15 is 0 Å². The summed E-state index contributed by atoms with van der Waals surface area (Å²) < 4.78 is 0.832. The highest BCUT2D eigenvalue weighted by molar-refractivity contribution is 8.01. The Kier molecular flexibility index (Phi) is 6.35. The molecule has 8 heteroatoms. The second-order valence-corrected chi connectivity index (χ2v) is 6.93. The zero-order chi connectivity index (χ0) is 15.8. The van der Waals surface area contributed by atoms with Gasteiger partial charge in [0, 0.05) is 18.7 Å². The maximum absolute atomic E-state index is 11.6. The second kappa shape index (κ2) is 8.50. The summed E-state index contributed by atoms with van der Waals surface area (Å²) in [5, 5.41) is 13.7. The van der Waals surface area contributed by atoms with Crippen molar-refractivity contribution in [3.05, 3.63) is 40.9 Å². The van der Waals surface area contributed by atoms with E-state index in [1.54, 1.807) is 0 Å². The minimum Gasteiger partial charge on any atom is -0.334 e. The molecular weight excluding hydrogens is 320 g/mol. The third kappa shape index (κ3) is 5.82. The Bertz CT molecular complexity index is 631. The van der Waals surface area contributed by atoms with Crippen LogP contribution >= 0.6 is 23.1 Å². The molecule has 0 aliphatic heterocycles. The zero-order valence-electron chi connectivity index (χ0n) is 12.0. The number of hydrogen-bond acceptors (Lipinski definition) is 6. The molecule has 2 N–H and O–H groups in total. The highest BCUT2D eigenvalue weighted by atomic mass is 32.2. The zero-order valence-corrected chi connectivity index (χ0v) is 13.7. The van der Waals surface area contributed by atoms with Gasteiger partial charge >= 0.3 is 6.03 Å². The van der Waals surface area contributed by atoms with E-state index in [0.717, 1.165) is 14.9 Å². The number of imide groups is 1. The Balaban J connectivity index is 1.62. The fourth-order valence-corrected chi connectivity index (χ4v) is 3.40. The molecule has 1 aromatic carbocycles. The summed E-state index contributed by atoms with van der Waals surface area (Å²) in [5.41, 5.74) is 0.979. The van der Waals surface area contributed by atoms with Gasteiger partial charge in [-0.15, -0.1) is 10.2 Å². The molecule has 1 aromatic heterocycles. The molecule has 0 saturated carbocycles. The molecule has 3 amide bonds. The van der Waals surface area contributed by atoms with E-state index in [2.05, 4.69) is 20.8 Å². The van der Waals surface area contributed by atoms with Gasteiger partial charge in [-0.1, -0.05) is 53.4 Å². The largest absolute Gasteiger partial charge is 0.334 e. The Morgan fingerprint density at radius 2 is 2.00 bits per heavy atom. The lowest BCUT2D eigenvalue weighted by Crippen LogP contribution is -2.39. The van der Waals surface area contributed by atoms with Gasteiger partial charge in [0.1, 0.15) is 5.01 Å². The van der Waals surface area contributed by atoms with Crippen LogP contribution in [0.15, 0.2) is 34.7 Å². The molecule has 0 bridgehead atoms. The van der Waals surface area contributed by atoms with Crippen LogP contribution in [0.25, 0.3) is 0 Å². The third-order valence-corrected chi connectivity index (χ3v) is 4.58. The lowest BCUT2D eigenvalue weighted by atomic mass is 10.2. The fraction of sp³-hybridized carbons (Fsp3) is 0.286. The van der Waals surface area contributed by atoms with Crippen LogP contribution in [0.3, 0.4) is 0 Å². The van der Waals surface area contributed by atoms with Crippen LogP contribution in [0.5, 0.6) is 0 Å². The Labute approximate surface area is 136 Å². The maximum atomic E-state index is 11.6. The third-order valence-electron chi connectivity index (χ3n) is 2.61. The van der Waals surface area contributed by atoms with Crippen LogP contribution in [-0.2, 0) is 11.3 Å². The van der Waals surface area contributed by atoms with Crippen LogP contribution in [0.2, 0.25) is 0 Å². The Hall–Kier alpha value is -1.93. The molecule has 22 heavy (non-hydrogen) atoms. The number of hydrogen-bond donors (Lipinski definition) is 2. The first-order valence-corrected chi connectivity index (χ1v) is 8.48. The number of amides is 3. The van der Waals surface area contributed by atoms with E-state index in [1.807, 2.05) is 37.3 Å². The standard InChI is InChI=1S/C14H16N4O2S2/c1-10-17-18-14(22-10)21-8-7-12(19)16-13(20)15-9-11-5-3-2-4-6-11/h2-6H,7-9H2,1H3,(H2,15,16,19,20). The molecule has 0 spiro atoms. The average Bonchev–Trinajstić information content (AvgIpc) is 2.92. The summed E-state index contributed by atoms with van der Waals surface area (Å²) >= 11 is 2.95. The number of nitrogens with zero attached hydrogens (tertiary/aromatic N) is 2. The van der Waals surface area contributed by atoms with Crippen molar-refractivity contribution in [1.29, 1.82) is 0 Å². The molecule has 1 heterocycles. The predicted molar refractivity (Wildman–Crippen MR) is 86.8 cm³/mol. The van der Waals surface area contributed by atoms with Crippen molar-refractivity contribution in [3.63, 3.8) is 0 Å². The van der Waals surface area contributed by atoms with E-state index in [0.29, 0.717) is 12.3 Å². The van der Waals surface area contributed by atoms with Crippen LogP contribution < -0.4 is 10.6 Å². The number of urea groups is 1. The van der Waals surface area contributed by atoms with Gasteiger partial charge in [-0.25, -0.2) is 4.79 Å². The number of aryl methyl sites for hydroxylation is 1. The monoisotopic (exact) mass is 336 g/mol. The molecule has 0 saturated heterocycles. The summed E-state index contributed by atoms with van der Waals surface area (Å²) in [6.07, 6.45) is 0.252. The highest BCUT2D eigenvalue weighted by Gasteiger charge is 2.08. The lowest BCUT2D eigenvalue weighted by Gasteiger charge is -2.06. The summed E-state index contributed by atoms with van der Waals surface area (Å²) in [7, 11) is 0. The number of rotatable bonds is 6. The normalized spacial score (nSPS) is 10.2. The number of benzene rings is 1. The first kappa shape index (κ1) is 16.4. The van der Waals surface area contributed by atoms with Crippen molar-refractivity contribution in [2.24, 2.45) is 0 Å². The molecule has 0 atom stereocenters. The fourth-order valence-electron chi connectivity index (χ4n) is 1.58. The van der Waals surface area contributed by atoms with E-state index < -0.39 is 6.03 Å². The van der Waals surface area contributed by atoms with Crippen LogP contribution in [0.4, 0.5) is 4.79 Å². The number of aromatic nitrogens is 2. The van der Waals surface area contributed by atoms with Crippen molar-refractivity contribution in [2.45, 2.75) is 24.2 Å². The number of carbonyl (C=O) groups excluding carboxylic acids is 2. The molecule has 2 aromatic rings. The van der Waals surface area contributed by atoms with E-state index in [-0.39, 0.29) is 12.3 Å². The van der Waals surface area contributed by atoms with Gasteiger partial charge in [0.05, 0.1) is 0 Å². The molecule has 6 nitrogen and oxygen atoms in total. The summed E-state index contributed by atoms with van der Waals surface area (Å²) in [5.74, 6) is 0.256. The molecule has 116 valence electrons. The van der Waals surface area contributed by atoms with Gasteiger partial charge in [0.25, 0.3) is 0 Å². The first-order chi connectivity index (χ1) is 10.6. The van der Waals surface area contributed by atoms with Crippen LogP contribution in [0.1, 0.15) is 17.0 Å². The predicted octanol–water partition coefficient (Wildman–Crippen LogP) is 2.35. The maximum Gasteiger partial charge on any atom is 0.321 e. The molecular formula is C14H16N4O2S2. The van der Waals surface area contributed by atoms with Crippen LogP contribution in [0, 0.1) is 6.92 Å². The van der Waals surface area contributed by atoms with Crippen molar-refractivity contribution >= 4 is 35.0 Å². The van der Waals surface area contributed by atoms with Crippen LogP contribution in [-0.4, -0.2) is 27.9 Å². The number of carbonyl (C=O) groups is 2. The minimum atomic E-state index is -0.481. The van der Waals surface area contributed by atoms with Gasteiger partial charge in [-0.05, 0) is 12.5 Å². The molecule has 0 fully saturated rings. The van der Waals surface area contributed by atoms with Crippen molar-refractivity contribution in [3.8, 4) is 0 Å². The molecule has 2 rings (SSSR count). The van der Waals surface area contributed by atoms with Gasteiger partial charge in [0.2, 0.25) is 5.91 Å². The minimum absolute atomic E-state index is 0.252. The second-order valence-electron chi connectivity index (χ2n) is 4.40. The van der Waals surface area contributed by atoms with Crippen molar-refractivity contribution in [1.82, 2.24) is 20.8 Å². The van der Waals surface area contributed by atoms with E-state index in [9.17, 15) is 9.59 Å². The Morgan fingerprint density at radius 1 is 1.23 bits per heavy atom. The average molecular weight is 336 g/mol. The number of nitrogens with one attached hydrogen (secondary N) is 2. The lowest BCUT2D eigenvalue weighted by molar-refractivity contribution is -0.119. The van der Waals surface area contributed by atoms with Gasteiger partial charge in [0.15, 0.2) is 4.34 Å². The number of thioether (sulfide) groups is 1. The molecule has 0 unspecified atom stereocenters. The van der Waals surface area contributed by atoms with E-state index in [1.165, 1.54) is 23.1 Å². The van der Waals surface area contributed by atoms with Crippen molar-refractivity contribution in [2.75, 3.05) is 5.75 Å². The topological polar surface area (TPSA) is 84.0 Å². The van der Waals surface area contributed by atoms with Gasteiger partial charge in [-0.3, -0.25) is 10.1 Å². The summed E-state index contributed by atoms with van der Waals surface area (Å²) in [6.45, 7) is 2.27. The molecule has 0 aliphatic carbocycles. The summed E-state index contributed by atoms with van der Waals surface area (Å²) in [4.78, 5) is 23.2.